The Hall–Kier alpha value is -2.44. The Morgan fingerprint density at radius 2 is 1.82 bits per heavy atom. The van der Waals surface area contributed by atoms with Gasteiger partial charge in [-0.25, -0.2) is 4.99 Å². The molecule has 0 aromatic heterocycles. The van der Waals surface area contributed by atoms with Crippen molar-refractivity contribution in [2.45, 2.75) is 39.5 Å². The molecular formula is C21H36N4O3. The van der Waals surface area contributed by atoms with Gasteiger partial charge in [-0.1, -0.05) is 19.4 Å². The molecule has 0 atom stereocenters. The summed E-state index contributed by atoms with van der Waals surface area (Å²) in [5.74, 6) is 2.21. The van der Waals surface area contributed by atoms with Crippen molar-refractivity contribution in [1.82, 2.24) is 15.5 Å². The minimum absolute atomic E-state index is 0.0155. The molecule has 1 amide bonds. The van der Waals surface area contributed by atoms with Crippen molar-refractivity contribution in [3.05, 3.63) is 23.8 Å². The van der Waals surface area contributed by atoms with Crippen LogP contribution in [0, 0.1) is 0 Å². The number of amides is 1. The third kappa shape index (κ3) is 8.97. The lowest BCUT2D eigenvalue weighted by Crippen LogP contribution is -2.39. The van der Waals surface area contributed by atoms with Crippen molar-refractivity contribution >= 4 is 11.9 Å². The van der Waals surface area contributed by atoms with Crippen LogP contribution in [-0.2, 0) is 11.2 Å². The molecule has 0 heterocycles. The molecule has 2 N–H and O–H groups in total. The van der Waals surface area contributed by atoms with Crippen LogP contribution in [0.15, 0.2) is 23.2 Å². The smallest absolute Gasteiger partial charge is 0.243 e. The molecule has 0 radical (unpaired) electrons. The van der Waals surface area contributed by atoms with Crippen molar-refractivity contribution < 1.29 is 14.3 Å². The predicted octanol–water partition coefficient (Wildman–Crippen LogP) is 2.45. The number of nitrogens with zero attached hydrogens (tertiary/aromatic N) is 2. The van der Waals surface area contributed by atoms with Crippen LogP contribution in [0.1, 0.15) is 38.7 Å². The summed E-state index contributed by atoms with van der Waals surface area (Å²) in [5, 5.41) is 6.60. The van der Waals surface area contributed by atoms with E-state index in [0.29, 0.717) is 12.6 Å². The van der Waals surface area contributed by atoms with Gasteiger partial charge in [0, 0.05) is 27.2 Å². The van der Waals surface area contributed by atoms with E-state index in [1.165, 1.54) is 5.56 Å². The number of carbonyl (C=O) groups excluding carboxylic acids is 1. The van der Waals surface area contributed by atoms with Gasteiger partial charge in [0.15, 0.2) is 17.5 Å². The highest BCUT2D eigenvalue weighted by atomic mass is 16.5. The molecule has 0 unspecified atom stereocenters. The number of likely N-dealkylation sites (N-methyl/N-ethyl adjacent to an activating group) is 1. The molecule has 1 rings (SSSR count). The number of benzene rings is 1. The summed E-state index contributed by atoms with van der Waals surface area (Å²) in [7, 11) is 5.12. The van der Waals surface area contributed by atoms with Crippen LogP contribution in [0.2, 0.25) is 0 Å². The number of carbonyl (C=O) groups is 1. The van der Waals surface area contributed by atoms with Gasteiger partial charge >= 0.3 is 0 Å². The number of unbranched alkanes of at least 4 members (excludes halogenated alkanes) is 1. The van der Waals surface area contributed by atoms with Crippen molar-refractivity contribution in [1.29, 1.82) is 0 Å². The van der Waals surface area contributed by atoms with Gasteiger partial charge in [-0.15, -0.1) is 0 Å². The zero-order chi connectivity index (χ0) is 20.8. The largest absolute Gasteiger partial charge is 0.493 e. The van der Waals surface area contributed by atoms with E-state index in [4.69, 9.17) is 9.47 Å². The molecule has 158 valence electrons. The Labute approximate surface area is 169 Å². The van der Waals surface area contributed by atoms with Crippen molar-refractivity contribution in [3.8, 4) is 11.5 Å². The summed E-state index contributed by atoms with van der Waals surface area (Å²) in [6.07, 6.45) is 4.02. The number of aliphatic imine (C=N–C) groups is 1. The highest BCUT2D eigenvalue weighted by Crippen LogP contribution is 2.28. The first-order chi connectivity index (χ1) is 13.5. The predicted molar refractivity (Wildman–Crippen MR) is 114 cm³/mol. The molecule has 0 bridgehead atoms. The van der Waals surface area contributed by atoms with Crippen LogP contribution in [0.3, 0.4) is 0 Å². The Kier molecular flexibility index (Phi) is 11.5. The van der Waals surface area contributed by atoms with Gasteiger partial charge in [-0.05, 0) is 43.9 Å². The number of methoxy groups -OCH3 is 1. The zero-order valence-electron chi connectivity index (χ0n) is 18.0. The van der Waals surface area contributed by atoms with Gasteiger partial charge in [0.1, 0.15) is 6.54 Å². The van der Waals surface area contributed by atoms with Crippen LogP contribution in [-0.4, -0.2) is 64.2 Å². The second kappa shape index (κ2) is 13.7. The van der Waals surface area contributed by atoms with Crippen LogP contribution < -0.4 is 20.1 Å². The first-order valence-corrected chi connectivity index (χ1v) is 10.0. The van der Waals surface area contributed by atoms with Crippen molar-refractivity contribution in [3.63, 3.8) is 0 Å². The summed E-state index contributed by atoms with van der Waals surface area (Å²) in [6.45, 7) is 6.47. The molecule has 1 aromatic rings. The molecular weight excluding hydrogens is 356 g/mol. The van der Waals surface area contributed by atoms with Gasteiger partial charge < -0.3 is 25.0 Å². The van der Waals surface area contributed by atoms with E-state index in [1.54, 1.807) is 26.1 Å². The van der Waals surface area contributed by atoms with E-state index in [-0.39, 0.29) is 12.5 Å². The van der Waals surface area contributed by atoms with Crippen LogP contribution >= 0.6 is 0 Å². The zero-order valence-corrected chi connectivity index (χ0v) is 18.0. The molecule has 7 heteroatoms. The highest BCUT2D eigenvalue weighted by Gasteiger charge is 2.06. The number of ether oxygens (including phenoxy) is 2. The lowest BCUT2D eigenvalue weighted by atomic mass is 10.1. The fourth-order valence-corrected chi connectivity index (χ4v) is 2.49. The molecule has 7 nitrogen and oxygen atoms in total. The maximum Gasteiger partial charge on any atom is 0.243 e. The number of guanidine groups is 1. The second-order valence-electron chi connectivity index (χ2n) is 6.68. The molecule has 0 aliphatic heterocycles. The third-order valence-electron chi connectivity index (χ3n) is 4.16. The normalized spacial score (nSPS) is 11.1. The Morgan fingerprint density at radius 1 is 1.11 bits per heavy atom. The van der Waals surface area contributed by atoms with Gasteiger partial charge in [-0.2, -0.15) is 0 Å². The maximum atomic E-state index is 11.8. The fraction of sp³-hybridized carbons (Fsp3) is 0.619. The highest BCUT2D eigenvalue weighted by molar-refractivity contribution is 5.84. The summed E-state index contributed by atoms with van der Waals surface area (Å²) >= 11 is 0. The van der Waals surface area contributed by atoms with Gasteiger partial charge in [-0.3, -0.25) is 4.79 Å². The van der Waals surface area contributed by atoms with Crippen LogP contribution in [0.4, 0.5) is 0 Å². The fourth-order valence-electron chi connectivity index (χ4n) is 2.49. The summed E-state index contributed by atoms with van der Waals surface area (Å²) in [6, 6.07) is 6.04. The van der Waals surface area contributed by atoms with E-state index in [1.807, 2.05) is 19.1 Å². The number of rotatable bonds is 12. The van der Waals surface area contributed by atoms with E-state index in [9.17, 15) is 4.79 Å². The average molecular weight is 393 g/mol. The molecule has 0 saturated heterocycles. The molecule has 0 fully saturated rings. The molecule has 0 saturated carbocycles. The minimum Gasteiger partial charge on any atom is -0.493 e. The minimum atomic E-state index is -0.0155. The SMILES string of the molecule is CCCCNC(=NCC(=O)N(C)C)NCCCc1ccc(OC)c(OCC)c1. The lowest BCUT2D eigenvalue weighted by Gasteiger charge is -2.14. The quantitative estimate of drug-likeness (QED) is 0.325. The van der Waals surface area contributed by atoms with E-state index in [2.05, 4.69) is 28.6 Å². The second-order valence-corrected chi connectivity index (χ2v) is 6.68. The monoisotopic (exact) mass is 392 g/mol. The Balaban J connectivity index is 2.54. The topological polar surface area (TPSA) is 75.2 Å². The number of hydrogen-bond acceptors (Lipinski definition) is 4. The summed E-state index contributed by atoms with van der Waals surface area (Å²) < 4.78 is 11.0. The molecule has 0 spiro atoms. The first-order valence-electron chi connectivity index (χ1n) is 10.0. The first kappa shape index (κ1) is 23.6. The maximum absolute atomic E-state index is 11.8. The standard InChI is InChI=1S/C21H36N4O3/c1-6-8-13-22-21(24-16-20(26)25(3)4)23-14-9-10-17-11-12-18(27-5)19(15-17)28-7-2/h11-12,15H,6-10,13-14,16H2,1-5H3,(H2,22,23,24). The molecule has 1 aromatic carbocycles. The Bertz CT molecular complexity index is 618. The number of hydrogen-bond donors (Lipinski definition) is 2. The van der Waals surface area contributed by atoms with Crippen LogP contribution in [0.5, 0.6) is 11.5 Å². The van der Waals surface area contributed by atoms with E-state index in [0.717, 1.165) is 50.3 Å². The van der Waals surface area contributed by atoms with Gasteiger partial charge in [0.25, 0.3) is 0 Å². The van der Waals surface area contributed by atoms with Gasteiger partial charge in [0.2, 0.25) is 5.91 Å². The summed E-state index contributed by atoms with van der Waals surface area (Å²) in [5.41, 5.74) is 1.20. The third-order valence-corrected chi connectivity index (χ3v) is 4.16. The van der Waals surface area contributed by atoms with Gasteiger partial charge in [0.05, 0.1) is 13.7 Å². The Morgan fingerprint density at radius 3 is 2.43 bits per heavy atom. The molecule has 0 aliphatic carbocycles. The van der Waals surface area contributed by atoms with E-state index >= 15 is 0 Å². The average Bonchev–Trinajstić information content (AvgIpc) is 2.69. The number of nitrogens with one attached hydrogen (secondary N) is 2. The van der Waals surface area contributed by atoms with Crippen molar-refractivity contribution in [2.75, 3.05) is 47.4 Å². The molecule has 0 aliphatic rings. The van der Waals surface area contributed by atoms with Crippen LogP contribution in [0.25, 0.3) is 0 Å². The summed E-state index contributed by atoms with van der Waals surface area (Å²) in [4.78, 5) is 17.7. The number of aryl methyl sites for hydroxylation is 1. The lowest BCUT2D eigenvalue weighted by molar-refractivity contribution is -0.127. The van der Waals surface area contributed by atoms with Crippen molar-refractivity contribution in [2.24, 2.45) is 4.99 Å². The molecule has 28 heavy (non-hydrogen) atoms. The van der Waals surface area contributed by atoms with E-state index < -0.39 is 0 Å².